The van der Waals surface area contributed by atoms with Gasteiger partial charge in [-0.05, 0) is 57.9 Å². The molecule has 1 aromatic carbocycles. The van der Waals surface area contributed by atoms with Crippen molar-refractivity contribution in [3.63, 3.8) is 0 Å². The first kappa shape index (κ1) is 28.3. The van der Waals surface area contributed by atoms with E-state index in [1.165, 1.54) is 19.4 Å². The molecule has 40 heavy (non-hydrogen) atoms. The molecule has 0 radical (unpaired) electrons. The number of nitrogens with one attached hydrogen (secondary N) is 1. The van der Waals surface area contributed by atoms with Gasteiger partial charge in [0, 0.05) is 30.9 Å². The lowest BCUT2D eigenvalue weighted by molar-refractivity contribution is 0.0792. The van der Waals surface area contributed by atoms with Crippen molar-refractivity contribution in [2.75, 3.05) is 25.5 Å². The number of benzene rings is 1. The standard InChI is InChI=1S/C25H25F2N7O.C2H5NO2/c1-14(2)34-15(3)30-23-18(26)10-17(11-20(23)34)22-19(27)13-29-25(32-22)31-21-7-6-16(12-28-21)24(35)33-8-4-5-9-33;1-5-2(3)4/h6-7,10-14H,4-5,8-9H2,1-3H3,(H,28,29,31,32);1H3,(H2,3,4). The Bertz CT molecular complexity index is 1530. The van der Waals surface area contributed by atoms with E-state index in [4.69, 9.17) is 0 Å². The summed E-state index contributed by atoms with van der Waals surface area (Å²) >= 11 is 0. The Morgan fingerprint density at radius 2 is 1.75 bits per heavy atom. The van der Waals surface area contributed by atoms with Crippen LogP contribution in [0.3, 0.4) is 0 Å². The second-order valence-corrected chi connectivity index (χ2v) is 9.42. The van der Waals surface area contributed by atoms with Crippen LogP contribution in [0.4, 0.5) is 25.3 Å². The van der Waals surface area contributed by atoms with Gasteiger partial charge in [0.25, 0.3) is 5.91 Å². The number of carbonyl (C=O) groups is 2. The van der Waals surface area contributed by atoms with Gasteiger partial charge in [-0.2, -0.15) is 0 Å². The van der Waals surface area contributed by atoms with Gasteiger partial charge in [-0.3, -0.25) is 4.79 Å². The minimum atomic E-state index is -0.745. The molecular weight excluding hydrogens is 522 g/mol. The van der Waals surface area contributed by atoms with Crippen LogP contribution in [0.1, 0.15) is 48.9 Å². The van der Waals surface area contributed by atoms with Crippen LogP contribution < -0.4 is 11.1 Å². The lowest BCUT2D eigenvalue weighted by Crippen LogP contribution is -2.27. The maximum absolute atomic E-state index is 14.9. The number of carbonyl (C=O) groups excluding carboxylic acids is 2. The molecule has 0 bridgehead atoms. The molecule has 1 aliphatic heterocycles. The number of likely N-dealkylation sites (tertiary alicyclic amines) is 1. The van der Waals surface area contributed by atoms with E-state index in [2.05, 4.69) is 35.7 Å². The molecule has 0 atom stereocenters. The third-order valence-corrected chi connectivity index (χ3v) is 6.30. The average molecular weight is 553 g/mol. The molecule has 0 saturated carbocycles. The predicted octanol–water partition coefficient (Wildman–Crippen LogP) is 4.75. The van der Waals surface area contributed by atoms with Crippen molar-refractivity contribution in [2.24, 2.45) is 5.73 Å². The number of hydrogen-bond donors (Lipinski definition) is 2. The highest BCUT2D eigenvalue weighted by Crippen LogP contribution is 2.30. The second kappa shape index (κ2) is 12.0. The highest BCUT2D eigenvalue weighted by Gasteiger charge is 2.20. The molecule has 2 amide bonds. The van der Waals surface area contributed by atoms with E-state index in [1.807, 2.05) is 30.2 Å². The maximum atomic E-state index is 14.9. The fourth-order valence-electron chi connectivity index (χ4n) is 4.50. The number of hydrogen-bond acceptors (Lipinski definition) is 8. The van der Waals surface area contributed by atoms with Gasteiger partial charge in [0.1, 0.15) is 22.9 Å². The van der Waals surface area contributed by atoms with E-state index in [-0.39, 0.29) is 34.7 Å². The van der Waals surface area contributed by atoms with Crippen molar-refractivity contribution in [2.45, 2.75) is 39.7 Å². The predicted molar refractivity (Wildman–Crippen MR) is 145 cm³/mol. The number of ether oxygens (including phenoxy) is 1. The number of halogens is 2. The first-order valence-electron chi connectivity index (χ1n) is 12.7. The highest BCUT2D eigenvalue weighted by atomic mass is 19.1. The van der Waals surface area contributed by atoms with Crippen molar-refractivity contribution in [3.05, 3.63) is 59.7 Å². The molecule has 3 N–H and O–H groups in total. The number of imidazole rings is 1. The minimum absolute atomic E-state index is 0.0432. The van der Waals surface area contributed by atoms with Crippen molar-refractivity contribution in [1.82, 2.24) is 29.4 Å². The minimum Gasteiger partial charge on any atom is -0.453 e. The number of anilines is 2. The maximum Gasteiger partial charge on any atom is 0.404 e. The summed E-state index contributed by atoms with van der Waals surface area (Å²) in [7, 11) is 1.22. The van der Waals surface area contributed by atoms with Gasteiger partial charge in [-0.1, -0.05) is 0 Å². The third-order valence-electron chi connectivity index (χ3n) is 6.30. The summed E-state index contributed by atoms with van der Waals surface area (Å²) in [5, 5.41) is 2.93. The highest BCUT2D eigenvalue weighted by molar-refractivity contribution is 5.94. The zero-order valence-corrected chi connectivity index (χ0v) is 22.6. The number of pyridine rings is 1. The van der Waals surface area contributed by atoms with Gasteiger partial charge >= 0.3 is 6.09 Å². The Kier molecular flexibility index (Phi) is 8.51. The fourth-order valence-corrected chi connectivity index (χ4v) is 4.50. The number of primary amides is 1. The lowest BCUT2D eigenvalue weighted by atomic mass is 10.1. The Morgan fingerprint density at radius 1 is 1.05 bits per heavy atom. The van der Waals surface area contributed by atoms with E-state index in [0.717, 1.165) is 32.1 Å². The summed E-state index contributed by atoms with van der Waals surface area (Å²) in [6.07, 6.45) is 3.80. The van der Waals surface area contributed by atoms with Crippen molar-refractivity contribution >= 4 is 34.8 Å². The molecule has 5 rings (SSSR count). The van der Waals surface area contributed by atoms with E-state index in [0.29, 0.717) is 22.7 Å². The van der Waals surface area contributed by atoms with Crippen LogP contribution >= 0.6 is 0 Å². The molecule has 4 aromatic rings. The van der Waals surface area contributed by atoms with Gasteiger partial charge in [-0.25, -0.2) is 33.5 Å². The van der Waals surface area contributed by atoms with Crippen molar-refractivity contribution in [3.8, 4) is 11.3 Å². The lowest BCUT2D eigenvalue weighted by Gasteiger charge is -2.15. The van der Waals surface area contributed by atoms with Gasteiger partial charge in [0.05, 0.1) is 24.4 Å². The van der Waals surface area contributed by atoms with E-state index in [1.54, 1.807) is 18.2 Å². The number of amides is 2. The van der Waals surface area contributed by atoms with Crippen LogP contribution in [0.15, 0.2) is 36.7 Å². The third kappa shape index (κ3) is 6.14. The Hall–Kier alpha value is -4.68. The van der Waals surface area contributed by atoms with Crippen LogP contribution in [-0.2, 0) is 4.74 Å². The van der Waals surface area contributed by atoms with Gasteiger partial charge < -0.3 is 25.3 Å². The average Bonchev–Trinajstić information content (AvgIpc) is 3.58. The second-order valence-electron chi connectivity index (χ2n) is 9.42. The van der Waals surface area contributed by atoms with Crippen LogP contribution in [-0.4, -0.2) is 61.6 Å². The summed E-state index contributed by atoms with van der Waals surface area (Å²) in [6.45, 7) is 7.28. The number of nitrogens with zero attached hydrogens (tertiary/aromatic N) is 6. The largest absolute Gasteiger partial charge is 0.453 e. The smallest absolute Gasteiger partial charge is 0.404 e. The van der Waals surface area contributed by atoms with Crippen LogP contribution in [0, 0.1) is 18.6 Å². The first-order chi connectivity index (χ1) is 19.1. The van der Waals surface area contributed by atoms with Crippen LogP contribution in [0.2, 0.25) is 0 Å². The molecule has 1 aliphatic rings. The molecule has 3 aromatic heterocycles. The van der Waals surface area contributed by atoms with Crippen LogP contribution in [0.5, 0.6) is 0 Å². The van der Waals surface area contributed by atoms with Crippen LogP contribution in [0.25, 0.3) is 22.3 Å². The molecular formula is C27H30F2N8O3. The van der Waals surface area contributed by atoms with Gasteiger partial charge in [-0.15, -0.1) is 0 Å². The van der Waals surface area contributed by atoms with E-state index in [9.17, 15) is 18.4 Å². The van der Waals surface area contributed by atoms with Crippen molar-refractivity contribution < 1.29 is 23.1 Å². The van der Waals surface area contributed by atoms with Gasteiger partial charge in [0.15, 0.2) is 11.6 Å². The fraction of sp³-hybridized carbons (Fsp3) is 0.333. The number of aryl methyl sites for hydroxylation is 1. The molecule has 1 saturated heterocycles. The quantitative estimate of drug-likeness (QED) is 0.361. The van der Waals surface area contributed by atoms with Crippen molar-refractivity contribution in [1.29, 1.82) is 0 Å². The molecule has 13 heteroatoms. The topological polar surface area (TPSA) is 141 Å². The molecule has 4 heterocycles. The Balaban J connectivity index is 0.000000681. The summed E-state index contributed by atoms with van der Waals surface area (Å²) in [4.78, 5) is 40.6. The SMILES string of the molecule is COC(N)=O.Cc1nc2c(F)cc(-c3nc(Nc4ccc(C(=O)N5CCCC5)cn4)ncc3F)cc2n1C(C)C. The number of rotatable bonds is 5. The summed E-state index contributed by atoms with van der Waals surface area (Å²) < 4.78 is 35.4. The Morgan fingerprint density at radius 3 is 2.35 bits per heavy atom. The molecule has 0 unspecified atom stereocenters. The monoisotopic (exact) mass is 552 g/mol. The number of methoxy groups -OCH3 is 1. The number of nitrogens with two attached hydrogens (primary N) is 1. The number of aromatic nitrogens is 5. The normalized spacial score (nSPS) is 12.8. The molecule has 210 valence electrons. The molecule has 11 nitrogen and oxygen atoms in total. The molecule has 0 spiro atoms. The van der Waals surface area contributed by atoms with E-state index >= 15 is 0 Å². The molecule has 0 aliphatic carbocycles. The first-order valence-corrected chi connectivity index (χ1v) is 12.7. The van der Waals surface area contributed by atoms with Gasteiger partial charge in [0.2, 0.25) is 5.95 Å². The summed E-state index contributed by atoms with van der Waals surface area (Å²) in [5.74, 6) is -0.102. The molecule has 1 fully saturated rings. The summed E-state index contributed by atoms with van der Waals surface area (Å²) in [5.41, 5.74) is 5.97. The Labute approximate surface area is 229 Å². The zero-order chi connectivity index (χ0) is 29.0. The number of fused-ring (bicyclic) bond motifs is 1. The van der Waals surface area contributed by atoms with E-state index < -0.39 is 17.7 Å². The summed E-state index contributed by atoms with van der Waals surface area (Å²) in [6, 6.07) is 6.29. The zero-order valence-electron chi connectivity index (χ0n) is 22.6.